The number of fused-ring (bicyclic) bond motifs is 1. The lowest BCUT2D eigenvalue weighted by molar-refractivity contribution is 0.0638. The molecule has 1 unspecified atom stereocenters. The van der Waals surface area contributed by atoms with Gasteiger partial charge in [0.05, 0.1) is 6.61 Å². The van der Waals surface area contributed by atoms with Crippen LogP contribution in [0.4, 0.5) is 0 Å². The van der Waals surface area contributed by atoms with E-state index in [0.29, 0.717) is 13.2 Å². The van der Waals surface area contributed by atoms with Crippen LogP contribution in [0.15, 0.2) is 48.5 Å². The molecule has 1 atom stereocenters. The third-order valence-electron chi connectivity index (χ3n) is 5.77. The molecule has 0 aromatic heterocycles. The van der Waals surface area contributed by atoms with Crippen LogP contribution < -0.4 is 4.74 Å². The van der Waals surface area contributed by atoms with Crippen LogP contribution in [-0.4, -0.2) is 67.0 Å². The number of aliphatic hydroxyl groups excluding tert-OH is 1. The largest absolute Gasteiger partial charge is 0.491 e. The molecule has 0 saturated carbocycles. The van der Waals surface area contributed by atoms with Crippen LogP contribution >= 0.6 is 0 Å². The Morgan fingerprint density at radius 1 is 0.931 bits per heavy atom. The van der Waals surface area contributed by atoms with Crippen LogP contribution in [0.25, 0.3) is 0 Å². The lowest BCUT2D eigenvalue weighted by Crippen LogP contribution is -2.38. The molecule has 0 aliphatic carbocycles. The standard InChI is InChI=1S/C24H32N2O3/c27-23(18-26-12-10-21-4-1-2-5-22(21)17-26)19-29-24-8-6-20(7-9-24)16-25-11-3-14-28-15-13-25/h1-2,4-9,23,27H,3,10-19H2. The summed E-state index contributed by atoms with van der Waals surface area (Å²) >= 11 is 0. The van der Waals surface area contributed by atoms with E-state index in [2.05, 4.69) is 46.2 Å². The van der Waals surface area contributed by atoms with Gasteiger partial charge in [0.1, 0.15) is 18.5 Å². The minimum atomic E-state index is -0.489. The fraction of sp³-hybridized carbons (Fsp3) is 0.500. The normalized spacial score (nSPS) is 19.3. The minimum Gasteiger partial charge on any atom is -0.491 e. The SMILES string of the molecule is OC(COc1ccc(CN2CCCOCC2)cc1)CN1CCc2ccccc2C1. The summed E-state index contributed by atoms with van der Waals surface area (Å²) in [5.74, 6) is 0.816. The molecule has 2 aliphatic heterocycles. The smallest absolute Gasteiger partial charge is 0.119 e. The van der Waals surface area contributed by atoms with Crippen molar-refractivity contribution in [3.05, 3.63) is 65.2 Å². The summed E-state index contributed by atoms with van der Waals surface area (Å²) in [5, 5.41) is 10.4. The monoisotopic (exact) mass is 396 g/mol. The average Bonchev–Trinajstić information content (AvgIpc) is 3.02. The van der Waals surface area contributed by atoms with Gasteiger partial charge in [0.2, 0.25) is 0 Å². The molecule has 5 heteroatoms. The Kier molecular flexibility index (Phi) is 7.17. The first-order valence-electron chi connectivity index (χ1n) is 10.8. The van der Waals surface area contributed by atoms with Crippen molar-refractivity contribution in [2.75, 3.05) is 46.0 Å². The van der Waals surface area contributed by atoms with Crippen LogP contribution in [-0.2, 0) is 24.2 Å². The number of hydrogen-bond acceptors (Lipinski definition) is 5. The molecule has 0 spiro atoms. The summed E-state index contributed by atoms with van der Waals surface area (Å²) in [6.45, 7) is 7.58. The Balaban J connectivity index is 1.21. The molecule has 1 fully saturated rings. The lowest BCUT2D eigenvalue weighted by Gasteiger charge is -2.30. The van der Waals surface area contributed by atoms with Gasteiger partial charge in [-0.1, -0.05) is 36.4 Å². The maximum atomic E-state index is 10.4. The Hall–Kier alpha value is -1.92. The molecule has 2 aromatic carbocycles. The molecule has 4 rings (SSSR count). The second-order valence-electron chi connectivity index (χ2n) is 8.10. The zero-order valence-electron chi connectivity index (χ0n) is 17.1. The van der Waals surface area contributed by atoms with Gasteiger partial charge >= 0.3 is 0 Å². The van der Waals surface area contributed by atoms with Crippen molar-refractivity contribution in [1.29, 1.82) is 0 Å². The fourth-order valence-corrected chi connectivity index (χ4v) is 4.16. The molecule has 0 amide bonds. The van der Waals surface area contributed by atoms with E-state index in [-0.39, 0.29) is 0 Å². The topological polar surface area (TPSA) is 45.2 Å². The number of aliphatic hydroxyl groups is 1. The van der Waals surface area contributed by atoms with Gasteiger partial charge in [-0.2, -0.15) is 0 Å². The molecule has 2 aliphatic rings. The van der Waals surface area contributed by atoms with Crippen molar-refractivity contribution in [1.82, 2.24) is 9.80 Å². The van der Waals surface area contributed by atoms with E-state index in [1.165, 1.54) is 16.7 Å². The van der Waals surface area contributed by atoms with E-state index in [1.807, 2.05) is 12.1 Å². The number of rotatable bonds is 7. The second kappa shape index (κ2) is 10.2. The van der Waals surface area contributed by atoms with Crippen molar-refractivity contribution in [2.45, 2.75) is 32.0 Å². The highest BCUT2D eigenvalue weighted by Crippen LogP contribution is 2.19. The van der Waals surface area contributed by atoms with Gasteiger partial charge < -0.3 is 14.6 Å². The van der Waals surface area contributed by atoms with Gasteiger partial charge in [-0.25, -0.2) is 0 Å². The summed E-state index contributed by atoms with van der Waals surface area (Å²) in [6, 6.07) is 16.8. The van der Waals surface area contributed by atoms with Gasteiger partial charge in [0, 0.05) is 45.9 Å². The van der Waals surface area contributed by atoms with E-state index in [9.17, 15) is 5.11 Å². The highest BCUT2D eigenvalue weighted by atomic mass is 16.5. The van der Waals surface area contributed by atoms with Gasteiger partial charge in [-0.15, -0.1) is 0 Å². The molecule has 1 saturated heterocycles. The number of nitrogens with zero attached hydrogens (tertiary/aromatic N) is 2. The molecule has 0 bridgehead atoms. The maximum Gasteiger partial charge on any atom is 0.119 e. The molecular weight excluding hydrogens is 364 g/mol. The molecule has 29 heavy (non-hydrogen) atoms. The second-order valence-corrected chi connectivity index (χ2v) is 8.10. The number of benzene rings is 2. The number of hydrogen-bond donors (Lipinski definition) is 1. The highest BCUT2D eigenvalue weighted by Gasteiger charge is 2.18. The zero-order valence-corrected chi connectivity index (χ0v) is 17.1. The maximum absolute atomic E-state index is 10.4. The third kappa shape index (κ3) is 6.03. The van der Waals surface area contributed by atoms with Crippen molar-refractivity contribution in [3.63, 3.8) is 0 Å². The van der Waals surface area contributed by atoms with E-state index in [0.717, 1.165) is 64.5 Å². The fourth-order valence-electron chi connectivity index (χ4n) is 4.16. The quantitative estimate of drug-likeness (QED) is 0.780. The predicted octanol–water partition coefficient (Wildman–Crippen LogP) is 2.71. The first kappa shape index (κ1) is 20.4. The van der Waals surface area contributed by atoms with Gasteiger partial charge in [-0.05, 0) is 41.7 Å². The van der Waals surface area contributed by atoms with E-state index in [4.69, 9.17) is 9.47 Å². The van der Waals surface area contributed by atoms with Crippen LogP contribution in [0.2, 0.25) is 0 Å². The summed E-state index contributed by atoms with van der Waals surface area (Å²) in [7, 11) is 0. The summed E-state index contributed by atoms with van der Waals surface area (Å²) in [4.78, 5) is 4.74. The van der Waals surface area contributed by atoms with E-state index < -0.39 is 6.10 Å². The third-order valence-corrected chi connectivity index (χ3v) is 5.77. The first-order valence-corrected chi connectivity index (χ1v) is 10.8. The van der Waals surface area contributed by atoms with Crippen LogP contribution in [0.5, 0.6) is 5.75 Å². The molecule has 156 valence electrons. The van der Waals surface area contributed by atoms with Crippen molar-refractivity contribution in [2.24, 2.45) is 0 Å². The highest BCUT2D eigenvalue weighted by molar-refractivity contribution is 5.29. The Morgan fingerprint density at radius 3 is 2.62 bits per heavy atom. The van der Waals surface area contributed by atoms with Gasteiger partial charge in [0.25, 0.3) is 0 Å². The van der Waals surface area contributed by atoms with Gasteiger partial charge in [0.15, 0.2) is 0 Å². The Morgan fingerprint density at radius 2 is 1.76 bits per heavy atom. The van der Waals surface area contributed by atoms with Crippen LogP contribution in [0.3, 0.4) is 0 Å². The molecule has 0 radical (unpaired) electrons. The Labute approximate surface area is 173 Å². The van der Waals surface area contributed by atoms with E-state index in [1.54, 1.807) is 0 Å². The summed E-state index contributed by atoms with van der Waals surface area (Å²) in [6.07, 6.45) is 1.66. The molecule has 5 nitrogen and oxygen atoms in total. The van der Waals surface area contributed by atoms with Crippen LogP contribution in [0, 0.1) is 0 Å². The zero-order chi connectivity index (χ0) is 19.9. The van der Waals surface area contributed by atoms with Gasteiger partial charge in [-0.3, -0.25) is 9.80 Å². The summed E-state index contributed by atoms with van der Waals surface area (Å²) < 4.78 is 11.4. The molecular formula is C24H32N2O3. The summed E-state index contributed by atoms with van der Waals surface area (Å²) in [5.41, 5.74) is 4.09. The van der Waals surface area contributed by atoms with Crippen molar-refractivity contribution in [3.8, 4) is 5.75 Å². The first-order chi connectivity index (χ1) is 14.3. The Bertz CT molecular complexity index is 757. The predicted molar refractivity (Wildman–Crippen MR) is 114 cm³/mol. The number of ether oxygens (including phenoxy) is 2. The molecule has 2 aromatic rings. The van der Waals surface area contributed by atoms with E-state index >= 15 is 0 Å². The van der Waals surface area contributed by atoms with Crippen LogP contribution in [0.1, 0.15) is 23.1 Å². The lowest BCUT2D eigenvalue weighted by atomic mass is 10.00. The van der Waals surface area contributed by atoms with Crippen molar-refractivity contribution >= 4 is 0 Å². The molecule has 1 N–H and O–H groups in total. The minimum absolute atomic E-state index is 0.320. The molecule has 2 heterocycles. The average molecular weight is 397 g/mol. The number of β-amino-alcohol motifs (C(OH)–C–C–N with tert-alkyl or cyclic N) is 1. The van der Waals surface area contributed by atoms with Crippen molar-refractivity contribution < 1.29 is 14.6 Å².